The standard InChI is InChI=1S/C16H20N4O3/c1-23-14-6-12(7-18-8-14)16(11-4-13(21)5-11)19-15(22)9-20-3-2-17-10-20/h2-3,6-8,10-11,13,16,21H,4-5,9H2,1H3,(H,19,22). The summed E-state index contributed by atoms with van der Waals surface area (Å²) in [4.78, 5) is 20.4. The largest absolute Gasteiger partial charge is 0.495 e. The van der Waals surface area contributed by atoms with Crippen molar-refractivity contribution in [3.63, 3.8) is 0 Å². The summed E-state index contributed by atoms with van der Waals surface area (Å²) < 4.78 is 6.92. The molecule has 2 aromatic heterocycles. The van der Waals surface area contributed by atoms with Gasteiger partial charge in [0.05, 0.1) is 31.8 Å². The summed E-state index contributed by atoms with van der Waals surface area (Å²) in [5.74, 6) is 0.749. The summed E-state index contributed by atoms with van der Waals surface area (Å²) in [7, 11) is 1.58. The van der Waals surface area contributed by atoms with E-state index >= 15 is 0 Å². The Morgan fingerprint density at radius 1 is 1.48 bits per heavy atom. The predicted molar refractivity (Wildman–Crippen MR) is 82.6 cm³/mol. The minimum absolute atomic E-state index is 0.0998. The van der Waals surface area contributed by atoms with E-state index in [1.54, 1.807) is 42.8 Å². The molecule has 1 fully saturated rings. The Labute approximate surface area is 134 Å². The SMILES string of the molecule is COc1cncc(C(NC(=O)Cn2ccnc2)C2CC(O)C2)c1. The smallest absolute Gasteiger partial charge is 0.240 e. The molecule has 122 valence electrons. The lowest BCUT2D eigenvalue weighted by atomic mass is 9.75. The van der Waals surface area contributed by atoms with Crippen LogP contribution >= 0.6 is 0 Å². The van der Waals surface area contributed by atoms with Crippen molar-refractivity contribution in [2.75, 3.05) is 7.11 Å². The molecule has 1 aliphatic carbocycles. The number of nitrogens with zero attached hydrogens (tertiary/aromatic N) is 3. The number of carbonyl (C=O) groups excluding carboxylic acids is 1. The maximum Gasteiger partial charge on any atom is 0.240 e. The number of nitrogens with one attached hydrogen (secondary N) is 1. The molecular formula is C16H20N4O3. The molecule has 1 saturated carbocycles. The first-order valence-corrected chi connectivity index (χ1v) is 7.58. The fourth-order valence-corrected chi connectivity index (χ4v) is 2.86. The number of ether oxygens (including phenoxy) is 1. The summed E-state index contributed by atoms with van der Waals surface area (Å²) in [5.41, 5.74) is 0.889. The average molecular weight is 316 g/mol. The van der Waals surface area contributed by atoms with Crippen molar-refractivity contribution < 1.29 is 14.6 Å². The van der Waals surface area contributed by atoms with Crippen LogP contribution < -0.4 is 10.1 Å². The van der Waals surface area contributed by atoms with Crippen LogP contribution in [0.25, 0.3) is 0 Å². The highest BCUT2D eigenvalue weighted by atomic mass is 16.5. The monoisotopic (exact) mass is 316 g/mol. The lowest BCUT2D eigenvalue weighted by Crippen LogP contribution is -2.42. The highest BCUT2D eigenvalue weighted by Crippen LogP contribution is 2.38. The molecule has 1 amide bonds. The van der Waals surface area contributed by atoms with Crippen LogP contribution in [0.15, 0.2) is 37.2 Å². The molecule has 2 N–H and O–H groups in total. The molecule has 0 spiro atoms. The van der Waals surface area contributed by atoms with Crippen molar-refractivity contribution in [3.8, 4) is 5.75 Å². The molecule has 1 unspecified atom stereocenters. The molecule has 0 bridgehead atoms. The average Bonchev–Trinajstić information content (AvgIpc) is 3.03. The second kappa shape index (κ2) is 6.78. The lowest BCUT2D eigenvalue weighted by molar-refractivity contribution is -0.123. The van der Waals surface area contributed by atoms with Crippen LogP contribution in [0.3, 0.4) is 0 Å². The predicted octanol–water partition coefficient (Wildman–Crippen LogP) is 0.915. The van der Waals surface area contributed by atoms with E-state index in [9.17, 15) is 9.90 Å². The van der Waals surface area contributed by atoms with Crippen LogP contribution in [0.5, 0.6) is 5.75 Å². The molecule has 2 heterocycles. The van der Waals surface area contributed by atoms with E-state index in [0.717, 1.165) is 5.56 Å². The third-order valence-electron chi connectivity index (χ3n) is 4.15. The normalized spacial score (nSPS) is 21.3. The van der Waals surface area contributed by atoms with Crippen LogP contribution in [0.2, 0.25) is 0 Å². The molecule has 7 nitrogen and oxygen atoms in total. The number of aliphatic hydroxyl groups is 1. The Kier molecular flexibility index (Phi) is 4.57. The number of aliphatic hydroxyl groups excluding tert-OH is 1. The first-order chi connectivity index (χ1) is 11.2. The van der Waals surface area contributed by atoms with Gasteiger partial charge in [0.1, 0.15) is 12.3 Å². The van der Waals surface area contributed by atoms with Gasteiger partial charge in [-0.25, -0.2) is 4.98 Å². The van der Waals surface area contributed by atoms with Crippen LogP contribution in [0.1, 0.15) is 24.4 Å². The van der Waals surface area contributed by atoms with Crippen LogP contribution in [0.4, 0.5) is 0 Å². The van der Waals surface area contributed by atoms with Gasteiger partial charge in [-0.1, -0.05) is 0 Å². The van der Waals surface area contributed by atoms with Gasteiger partial charge in [0.25, 0.3) is 0 Å². The van der Waals surface area contributed by atoms with Gasteiger partial charge in [-0.3, -0.25) is 9.78 Å². The number of amides is 1. The maximum absolute atomic E-state index is 12.3. The van der Waals surface area contributed by atoms with Gasteiger partial charge >= 0.3 is 0 Å². The molecule has 3 rings (SSSR count). The summed E-state index contributed by atoms with van der Waals surface area (Å²) in [5, 5.41) is 12.6. The first kappa shape index (κ1) is 15.5. The van der Waals surface area contributed by atoms with Gasteiger partial charge in [0, 0.05) is 18.6 Å². The number of carbonyl (C=O) groups is 1. The topological polar surface area (TPSA) is 89.3 Å². The summed E-state index contributed by atoms with van der Waals surface area (Å²) in [6.45, 7) is 0.211. The fraction of sp³-hybridized carbons (Fsp3) is 0.438. The molecule has 1 aliphatic rings. The van der Waals surface area contributed by atoms with Gasteiger partial charge in [0.15, 0.2) is 0 Å². The Balaban J connectivity index is 1.74. The van der Waals surface area contributed by atoms with E-state index in [2.05, 4.69) is 15.3 Å². The van der Waals surface area contributed by atoms with Crippen molar-refractivity contribution in [1.29, 1.82) is 0 Å². The highest BCUT2D eigenvalue weighted by Gasteiger charge is 2.36. The van der Waals surface area contributed by atoms with E-state index in [1.807, 2.05) is 6.07 Å². The van der Waals surface area contributed by atoms with E-state index in [1.165, 1.54) is 0 Å². The van der Waals surface area contributed by atoms with Crippen molar-refractivity contribution in [2.45, 2.75) is 31.5 Å². The second-order valence-electron chi connectivity index (χ2n) is 5.82. The number of aromatic nitrogens is 3. The number of hydrogen-bond donors (Lipinski definition) is 2. The van der Waals surface area contributed by atoms with Crippen molar-refractivity contribution in [1.82, 2.24) is 19.9 Å². The zero-order valence-corrected chi connectivity index (χ0v) is 12.9. The van der Waals surface area contributed by atoms with Crippen molar-refractivity contribution in [2.24, 2.45) is 5.92 Å². The molecule has 0 radical (unpaired) electrons. The van der Waals surface area contributed by atoms with E-state index in [4.69, 9.17) is 4.74 Å². The molecule has 2 aromatic rings. The molecule has 7 heteroatoms. The Hall–Kier alpha value is -2.41. The van der Waals surface area contributed by atoms with E-state index < -0.39 is 0 Å². The highest BCUT2D eigenvalue weighted by molar-refractivity contribution is 5.76. The van der Waals surface area contributed by atoms with E-state index in [-0.39, 0.29) is 30.5 Å². The van der Waals surface area contributed by atoms with Gasteiger partial charge in [-0.2, -0.15) is 0 Å². The quantitative estimate of drug-likeness (QED) is 0.827. The minimum Gasteiger partial charge on any atom is -0.495 e. The summed E-state index contributed by atoms with van der Waals surface area (Å²) in [6.07, 6.45) is 9.41. The van der Waals surface area contributed by atoms with Crippen LogP contribution in [0, 0.1) is 5.92 Å². The molecule has 0 saturated heterocycles. The molecule has 0 aromatic carbocycles. The number of rotatable bonds is 6. The van der Waals surface area contributed by atoms with E-state index in [0.29, 0.717) is 18.6 Å². The lowest BCUT2D eigenvalue weighted by Gasteiger charge is -2.38. The van der Waals surface area contributed by atoms with Gasteiger partial charge in [-0.05, 0) is 30.4 Å². The first-order valence-electron chi connectivity index (χ1n) is 7.58. The number of pyridine rings is 1. The zero-order chi connectivity index (χ0) is 16.2. The van der Waals surface area contributed by atoms with Gasteiger partial charge in [-0.15, -0.1) is 0 Å². The summed E-state index contributed by atoms with van der Waals surface area (Å²) in [6, 6.07) is 1.69. The number of imidazole rings is 1. The van der Waals surface area contributed by atoms with Gasteiger partial charge < -0.3 is 19.7 Å². The third kappa shape index (κ3) is 3.68. The van der Waals surface area contributed by atoms with Gasteiger partial charge in [0.2, 0.25) is 5.91 Å². The van der Waals surface area contributed by atoms with Crippen molar-refractivity contribution >= 4 is 5.91 Å². The molecule has 1 atom stereocenters. The fourth-order valence-electron chi connectivity index (χ4n) is 2.86. The molecule has 0 aliphatic heterocycles. The van der Waals surface area contributed by atoms with Crippen molar-refractivity contribution in [3.05, 3.63) is 42.7 Å². The second-order valence-corrected chi connectivity index (χ2v) is 5.82. The number of hydrogen-bond acceptors (Lipinski definition) is 5. The van der Waals surface area contributed by atoms with Crippen LogP contribution in [-0.2, 0) is 11.3 Å². The summed E-state index contributed by atoms with van der Waals surface area (Å²) >= 11 is 0. The zero-order valence-electron chi connectivity index (χ0n) is 12.9. The Bertz CT molecular complexity index is 653. The third-order valence-corrected chi connectivity index (χ3v) is 4.15. The Morgan fingerprint density at radius 3 is 2.96 bits per heavy atom. The maximum atomic E-state index is 12.3. The molecule has 23 heavy (non-hydrogen) atoms. The Morgan fingerprint density at radius 2 is 2.30 bits per heavy atom. The minimum atomic E-state index is -0.286. The molecular weight excluding hydrogens is 296 g/mol. The number of methoxy groups -OCH3 is 1. The van der Waals surface area contributed by atoms with Crippen LogP contribution in [-0.4, -0.2) is 38.8 Å².